The number of carbonyl (C=O) groups is 1. The SMILES string of the molecule is Cc1onc(-c2c(F)cccc2Cl)c1C(=O)OCC1CCCN2CCCCC12. The number of aryl methyl sites for hydroxylation is 1. The summed E-state index contributed by atoms with van der Waals surface area (Å²) in [6.07, 6.45) is 5.82. The van der Waals surface area contributed by atoms with Crippen LogP contribution in [0.3, 0.4) is 0 Å². The van der Waals surface area contributed by atoms with Gasteiger partial charge in [-0.1, -0.05) is 29.2 Å². The highest BCUT2D eigenvalue weighted by Crippen LogP contribution is 2.35. The molecule has 150 valence electrons. The van der Waals surface area contributed by atoms with Gasteiger partial charge in [-0.2, -0.15) is 0 Å². The smallest absolute Gasteiger partial charge is 0.344 e. The van der Waals surface area contributed by atoms with Gasteiger partial charge in [0.2, 0.25) is 0 Å². The Kier molecular flexibility index (Phi) is 5.69. The van der Waals surface area contributed by atoms with E-state index in [2.05, 4.69) is 10.1 Å². The van der Waals surface area contributed by atoms with Crippen molar-refractivity contribution in [3.8, 4) is 11.3 Å². The van der Waals surface area contributed by atoms with Crippen molar-refractivity contribution in [2.45, 2.75) is 45.1 Å². The Morgan fingerprint density at radius 2 is 2.14 bits per heavy atom. The van der Waals surface area contributed by atoms with Crippen LogP contribution in [0.2, 0.25) is 5.02 Å². The minimum atomic E-state index is -0.556. The number of piperidine rings is 2. The summed E-state index contributed by atoms with van der Waals surface area (Å²) in [4.78, 5) is 15.4. The maximum atomic E-state index is 14.3. The number of aromatic nitrogens is 1. The molecular formula is C21H24ClFN2O3. The van der Waals surface area contributed by atoms with Crippen LogP contribution < -0.4 is 0 Å². The van der Waals surface area contributed by atoms with Crippen LogP contribution in [0.5, 0.6) is 0 Å². The molecule has 28 heavy (non-hydrogen) atoms. The van der Waals surface area contributed by atoms with E-state index in [1.165, 1.54) is 25.0 Å². The molecule has 7 heteroatoms. The fourth-order valence-electron chi connectivity index (χ4n) is 4.53. The summed E-state index contributed by atoms with van der Waals surface area (Å²) in [6, 6.07) is 4.82. The molecule has 0 amide bonds. The van der Waals surface area contributed by atoms with E-state index in [9.17, 15) is 9.18 Å². The minimum Gasteiger partial charge on any atom is -0.462 e. The van der Waals surface area contributed by atoms with E-state index in [0.29, 0.717) is 24.3 Å². The summed E-state index contributed by atoms with van der Waals surface area (Å²) >= 11 is 6.15. The molecule has 2 aromatic rings. The summed E-state index contributed by atoms with van der Waals surface area (Å²) in [5.74, 6) is -0.470. The van der Waals surface area contributed by atoms with E-state index in [-0.39, 0.29) is 21.8 Å². The highest BCUT2D eigenvalue weighted by Gasteiger charge is 2.34. The number of hydrogen-bond donors (Lipinski definition) is 0. The van der Waals surface area contributed by atoms with Crippen molar-refractivity contribution in [1.82, 2.24) is 10.1 Å². The molecule has 0 N–H and O–H groups in total. The standard InChI is InChI=1S/C21H24ClFN2O3/c1-13-18(20(24-28-13)19-15(22)7-4-8-16(19)23)21(26)27-12-14-6-5-11-25-10-3-2-9-17(14)25/h4,7-8,14,17H,2-3,5-6,9-12H2,1H3. The Morgan fingerprint density at radius 3 is 2.96 bits per heavy atom. The molecule has 2 aliphatic rings. The molecule has 0 aliphatic carbocycles. The van der Waals surface area contributed by atoms with Gasteiger partial charge in [0.15, 0.2) is 0 Å². The second-order valence-corrected chi connectivity index (χ2v) is 8.07. The third kappa shape index (κ3) is 3.67. The number of carbonyl (C=O) groups excluding carboxylic acids is 1. The Labute approximate surface area is 168 Å². The monoisotopic (exact) mass is 406 g/mol. The van der Waals surface area contributed by atoms with Crippen LogP contribution in [-0.2, 0) is 4.74 Å². The first kappa shape index (κ1) is 19.4. The van der Waals surface area contributed by atoms with Crippen molar-refractivity contribution >= 4 is 17.6 Å². The van der Waals surface area contributed by atoms with E-state index in [4.69, 9.17) is 20.9 Å². The molecule has 0 spiro atoms. The van der Waals surface area contributed by atoms with Crippen LogP contribution in [0.4, 0.5) is 4.39 Å². The predicted molar refractivity (Wildman–Crippen MR) is 104 cm³/mol. The van der Waals surface area contributed by atoms with Crippen molar-refractivity contribution in [3.63, 3.8) is 0 Å². The van der Waals surface area contributed by atoms with Gasteiger partial charge in [0, 0.05) is 12.0 Å². The lowest BCUT2D eigenvalue weighted by Gasteiger charge is -2.44. The van der Waals surface area contributed by atoms with Crippen molar-refractivity contribution in [2.24, 2.45) is 5.92 Å². The predicted octanol–water partition coefficient (Wildman–Crippen LogP) is 4.86. The molecule has 0 saturated carbocycles. The molecule has 2 aliphatic heterocycles. The zero-order chi connectivity index (χ0) is 19.7. The van der Waals surface area contributed by atoms with Crippen LogP contribution >= 0.6 is 11.6 Å². The van der Waals surface area contributed by atoms with Gasteiger partial charge in [0.25, 0.3) is 0 Å². The molecule has 2 saturated heterocycles. The first-order valence-corrected chi connectivity index (χ1v) is 10.3. The third-order valence-corrected chi connectivity index (χ3v) is 6.24. The van der Waals surface area contributed by atoms with Gasteiger partial charge in [-0.3, -0.25) is 4.90 Å². The number of hydrogen-bond acceptors (Lipinski definition) is 5. The summed E-state index contributed by atoms with van der Waals surface area (Å²) in [5, 5.41) is 4.05. The lowest BCUT2D eigenvalue weighted by atomic mass is 9.84. The maximum absolute atomic E-state index is 14.3. The van der Waals surface area contributed by atoms with Gasteiger partial charge in [-0.05, 0) is 57.8 Å². The number of nitrogens with zero attached hydrogens (tertiary/aromatic N) is 2. The fraction of sp³-hybridized carbons (Fsp3) is 0.524. The van der Waals surface area contributed by atoms with Crippen molar-refractivity contribution < 1.29 is 18.4 Å². The molecule has 0 bridgehead atoms. The molecule has 3 heterocycles. The Hall–Kier alpha value is -1.92. The number of halogens is 2. The average molecular weight is 407 g/mol. The molecular weight excluding hydrogens is 383 g/mol. The Balaban J connectivity index is 1.52. The van der Waals surface area contributed by atoms with Crippen LogP contribution in [0.25, 0.3) is 11.3 Å². The second-order valence-electron chi connectivity index (χ2n) is 7.66. The topological polar surface area (TPSA) is 55.6 Å². The quantitative estimate of drug-likeness (QED) is 0.678. The van der Waals surface area contributed by atoms with Crippen molar-refractivity contribution in [1.29, 1.82) is 0 Å². The normalized spacial score (nSPS) is 22.7. The number of rotatable bonds is 4. The van der Waals surface area contributed by atoms with E-state index < -0.39 is 11.8 Å². The molecule has 1 aromatic heterocycles. The van der Waals surface area contributed by atoms with Crippen LogP contribution in [0, 0.1) is 18.7 Å². The highest BCUT2D eigenvalue weighted by molar-refractivity contribution is 6.33. The summed E-state index contributed by atoms with van der Waals surface area (Å²) in [7, 11) is 0. The molecule has 2 atom stereocenters. The van der Waals surface area contributed by atoms with Crippen molar-refractivity contribution in [3.05, 3.63) is 40.4 Å². The van der Waals surface area contributed by atoms with Crippen molar-refractivity contribution in [2.75, 3.05) is 19.7 Å². The number of benzene rings is 1. The van der Waals surface area contributed by atoms with Gasteiger partial charge in [0.05, 0.1) is 17.2 Å². The zero-order valence-electron chi connectivity index (χ0n) is 15.9. The second kappa shape index (κ2) is 8.21. The van der Waals surface area contributed by atoms with Crippen LogP contribution in [-0.4, -0.2) is 41.8 Å². The van der Waals surface area contributed by atoms with Crippen LogP contribution in [0.1, 0.15) is 48.2 Å². The maximum Gasteiger partial charge on any atom is 0.344 e. The average Bonchev–Trinajstić information content (AvgIpc) is 3.07. The molecule has 0 radical (unpaired) electrons. The molecule has 5 nitrogen and oxygen atoms in total. The van der Waals surface area contributed by atoms with Crippen LogP contribution in [0.15, 0.2) is 22.7 Å². The molecule has 2 unspecified atom stereocenters. The third-order valence-electron chi connectivity index (χ3n) is 5.92. The van der Waals surface area contributed by atoms with E-state index in [1.807, 2.05) is 0 Å². The van der Waals surface area contributed by atoms with Gasteiger partial charge in [-0.15, -0.1) is 0 Å². The Morgan fingerprint density at radius 1 is 1.32 bits per heavy atom. The van der Waals surface area contributed by atoms with E-state index in [1.54, 1.807) is 13.0 Å². The Bertz CT molecular complexity index is 847. The van der Waals surface area contributed by atoms with E-state index in [0.717, 1.165) is 32.4 Å². The highest BCUT2D eigenvalue weighted by atomic mass is 35.5. The number of ether oxygens (including phenoxy) is 1. The number of esters is 1. The lowest BCUT2D eigenvalue weighted by molar-refractivity contribution is 0.00733. The summed E-state index contributed by atoms with van der Waals surface area (Å²) in [6.45, 7) is 4.24. The first-order chi connectivity index (χ1) is 13.6. The summed E-state index contributed by atoms with van der Waals surface area (Å²) in [5.41, 5.74) is 0.293. The zero-order valence-corrected chi connectivity index (χ0v) is 16.7. The molecule has 4 rings (SSSR count). The number of fused-ring (bicyclic) bond motifs is 1. The minimum absolute atomic E-state index is 0.0593. The van der Waals surface area contributed by atoms with E-state index >= 15 is 0 Å². The lowest BCUT2D eigenvalue weighted by Crippen LogP contribution is -2.49. The first-order valence-electron chi connectivity index (χ1n) is 9.88. The van der Waals surface area contributed by atoms with Gasteiger partial charge in [-0.25, -0.2) is 9.18 Å². The molecule has 1 aromatic carbocycles. The largest absolute Gasteiger partial charge is 0.462 e. The fourth-order valence-corrected chi connectivity index (χ4v) is 4.79. The van der Waals surface area contributed by atoms with Gasteiger partial charge < -0.3 is 9.26 Å². The van der Waals surface area contributed by atoms with Gasteiger partial charge in [0.1, 0.15) is 22.8 Å². The van der Waals surface area contributed by atoms with Gasteiger partial charge >= 0.3 is 5.97 Å². The molecule has 2 fully saturated rings. The summed E-state index contributed by atoms with van der Waals surface area (Å²) < 4.78 is 25.2.